The minimum absolute atomic E-state index is 0.0193. The van der Waals surface area contributed by atoms with Crippen LogP contribution in [0.25, 0.3) is 11.0 Å². The molecule has 2 aromatic carbocycles. The van der Waals surface area contributed by atoms with Crippen LogP contribution >= 0.6 is 0 Å². The molecule has 2 aliphatic heterocycles. The maximum absolute atomic E-state index is 14.8. The monoisotopic (exact) mass is 561 g/mol. The lowest BCUT2D eigenvalue weighted by Crippen LogP contribution is -2.36. The Bertz CT molecular complexity index is 1520. The first kappa shape index (κ1) is 28.4. The summed E-state index contributed by atoms with van der Waals surface area (Å²) in [6.07, 6.45) is 4.12. The molecule has 41 heavy (non-hydrogen) atoms. The number of nitrogens with one attached hydrogen (secondary N) is 1. The van der Waals surface area contributed by atoms with Gasteiger partial charge in [0.15, 0.2) is 5.84 Å². The molecule has 3 N–H and O–H groups in total. The third-order valence-electron chi connectivity index (χ3n) is 7.70. The number of hydrogen-bond donors (Lipinski definition) is 2. The van der Waals surface area contributed by atoms with Gasteiger partial charge in [0, 0.05) is 31.9 Å². The SMILES string of the molecule is C=C/N=C(\N=C(/C)C(=O)Nc1ccc2c(nc(C)n2[C@H]2CCOC2)c1N1CCC[C@H]1CN)c1c(F)cccc1OC. The number of aromatic nitrogens is 2. The van der Waals surface area contributed by atoms with Crippen molar-refractivity contribution in [3.63, 3.8) is 0 Å². The fourth-order valence-corrected chi connectivity index (χ4v) is 5.77. The number of amides is 1. The number of carbonyl (C=O) groups excluding carboxylic acids is 1. The molecule has 2 aliphatic rings. The molecule has 2 saturated heterocycles. The molecule has 2 fully saturated rings. The van der Waals surface area contributed by atoms with Gasteiger partial charge in [0.05, 0.1) is 42.2 Å². The number of aliphatic imine (C=N–C) groups is 2. The maximum atomic E-state index is 14.8. The number of halogens is 1. The Morgan fingerprint density at radius 2 is 2.17 bits per heavy atom. The molecule has 5 rings (SSSR count). The summed E-state index contributed by atoms with van der Waals surface area (Å²) >= 11 is 0. The Labute approximate surface area is 238 Å². The van der Waals surface area contributed by atoms with E-state index in [4.69, 9.17) is 20.2 Å². The van der Waals surface area contributed by atoms with E-state index in [1.165, 1.54) is 25.4 Å². The van der Waals surface area contributed by atoms with E-state index in [2.05, 4.69) is 31.3 Å². The summed E-state index contributed by atoms with van der Waals surface area (Å²) in [5.41, 5.74) is 9.55. The van der Waals surface area contributed by atoms with Crippen molar-refractivity contribution < 1.29 is 18.7 Å². The van der Waals surface area contributed by atoms with Crippen LogP contribution in [0.2, 0.25) is 0 Å². The van der Waals surface area contributed by atoms with Crippen LogP contribution < -0.4 is 20.7 Å². The molecular weight excluding hydrogens is 525 g/mol. The molecular formula is C30H36FN7O3. The highest BCUT2D eigenvalue weighted by atomic mass is 19.1. The minimum atomic E-state index is -0.574. The van der Waals surface area contributed by atoms with E-state index in [1.54, 1.807) is 13.0 Å². The third kappa shape index (κ3) is 5.47. The number of nitrogens with zero attached hydrogens (tertiary/aromatic N) is 5. The zero-order valence-electron chi connectivity index (χ0n) is 23.7. The second kappa shape index (κ2) is 12.2. The number of anilines is 2. The predicted molar refractivity (Wildman–Crippen MR) is 160 cm³/mol. The van der Waals surface area contributed by atoms with Gasteiger partial charge in [-0.2, -0.15) is 0 Å². The third-order valence-corrected chi connectivity index (χ3v) is 7.70. The quantitative estimate of drug-likeness (QED) is 0.311. The number of rotatable bonds is 8. The van der Waals surface area contributed by atoms with Crippen molar-refractivity contribution in [2.24, 2.45) is 15.7 Å². The molecule has 1 amide bonds. The Morgan fingerprint density at radius 1 is 1.34 bits per heavy atom. The molecule has 0 saturated carbocycles. The largest absolute Gasteiger partial charge is 0.496 e. The fourth-order valence-electron chi connectivity index (χ4n) is 5.77. The van der Waals surface area contributed by atoms with Gasteiger partial charge in [0.2, 0.25) is 0 Å². The average molecular weight is 562 g/mol. The summed E-state index contributed by atoms with van der Waals surface area (Å²) in [5.74, 6) is 0.0900. The summed E-state index contributed by atoms with van der Waals surface area (Å²) in [5, 5.41) is 3.03. The van der Waals surface area contributed by atoms with Crippen LogP contribution in [0.3, 0.4) is 0 Å². The van der Waals surface area contributed by atoms with E-state index in [0.29, 0.717) is 18.8 Å². The summed E-state index contributed by atoms with van der Waals surface area (Å²) in [6, 6.07) is 8.65. The Balaban J connectivity index is 1.55. The van der Waals surface area contributed by atoms with Gasteiger partial charge in [-0.3, -0.25) is 4.79 Å². The summed E-state index contributed by atoms with van der Waals surface area (Å²) in [4.78, 5) is 29.3. The number of amidine groups is 1. The zero-order chi connectivity index (χ0) is 29.1. The lowest BCUT2D eigenvalue weighted by atomic mass is 10.1. The van der Waals surface area contributed by atoms with Gasteiger partial charge < -0.3 is 30.0 Å². The molecule has 11 heteroatoms. The van der Waals surface area contributed by atoms with Gasteiger partial charge in [-0.1, -0.05) is 12.6 Å². The van der Waals surface area contributed by atoms with Gasteiger partial charge in [-0.15, -0.1) is 0 Å². The highest BCUT2D eigenvalue weighted by Gasteiger charge is 2.31. The number of nitrogens with two attached hydrogens (primary N) is 1. The van der Waals surface area contributed by atoms with Gasteiger partial charge >= 0.3 is 0 Å². The first-order chi connectivity index (χ1) is 19.9. The van der Waals surface area contributed by atoms with Crippen LogP contribution in [-0.4, -0.2) is 66.5 Å². The highest BCUT2D eigenvalue weighted by Crippen LogP contribution is 2.40. The molecule has 3 heterocycles. The van der Waals surface area contributed by atoms with E-state index in [1.807, 2.05) is 19.1 Å². The van der Waals surface area contributed by atoms with Crippen LogP contribution in [0, 0.1) is 12.7 Å². The van der Waals surface area contributed by atoms with Gasteiger partial charge in [0.25, 0.3) is 5.91 Å². The number of imidazole rings is 1. The van der Waals surface area contributed by atoms with E-state index in [9.17, 15) is 9.18 Å². The summed E-state index contributed by atoms with van der Waals surface area (Å²) < 4.78 is 28.0. The predicted octanol–water partition coefficient (Wildman–Crippen LogP) is 4.37. The van der Waals surface area contributed by atoms with E-state index in [-0.39, 0.29) is 34.9 Å². The van der Waals surface area contributed by atoms with E-state index in [0.717, 1.165) is 55.0 Å². The van der Waals surface area contributed by atoms with Crippen molar-refractivity contribution >= 4 is 39.9 Å². The van der Waals surface area contributed by atoms with Crippen LogP contribution in [-0.2, 0) is 9.53 Å². The number of benzene rings is 2. The summed E-state index contributed by atoms with van der Waals surface area (Å²) in [7, 11) is 1.43. The Kier molecular flexibility index (Phi) is 8.46. The Hall–Kier alpha value is -4.09. The van der Waals surface area contributed by atoms with Gasteiger partial charge in [-0.25, -0.2) is 19.4 Å². The first-order valence-corrected chi connectivity index (χ1v) is 13.8. The van der Waals surface area contributed by atoms with Crippen molar-refractivity contribution in [1.82, 2.24) is 9.55 Å². The lowest BCUT2D eigenvalue weighted by molar-refractivity contribution is -0.110. The maximum Gasteiger partial charge on any atom is 0.269 e. The number of ether oxygens (including phenoxy) is 2. The van der Waals surface area contributed by atoms with Crippen molar-refractivity contribution in [2.75, 3.05) is 43.6 Å². The highest BCUT2D eigenvalue weighted by molar-refractivity contribution is 6.44. The molecule has 1 aromatic heterocycles. The second-order valence-corrected chi connectivity index (χ2v) is 10.2. The van der Waals surface area contributed by atoms with Gasteiger partial charge in [0.1, 0.15) is 28.6 Å². The van der Waals surface area contributed by atoms with Crippen LogP contribution in [0.1, 0.15) is 43.6 Å². The minimum Gasteiger partial charge on any atom is -0.496 e. The number of hydrogen-bond acceptors (Lipinski definition) is 7. The standard InChI is InChI=1S/C30H36FN7O3/c1-5-33-29(26-22(31)9-6-10-25(26)40-4)34-18(2)30(39)36-23-11-12-24-27(28(23)37-14-7-8-20(37)16-32)35-19(3)38(24)21-13-15-41-17-21/h5-6,9-12,20-21H,1,7-8,13-17,32H2,2-4H3,(H,36,39)/b33-29-,34-18+/t20-,21-/m0/s1. The first-order valence-electron chi connectivity index (χ1n) is 13.8. The van der Waals surface area contributed by atoms with Crippen molar-refractivity contribution in [2.45, 2.75) is 45.2 Å². The number of aryl methyl sites for hydroxylation is 1. The smallest absolute Gasteiger partial charge is 0.269 e. The average Bonchev–Trinajstić information content (AvgIpc) is 3.72. The van der Waals surface area contributed by atoms with Crippen molar-refractivity contribution in [3.05, 3.63) is 60.3 Å². The van der Waals surface area contributed by atoms with E-state index >= 15 is 0 Å². The fraction of sp³-hybridized carbons (Fsp3) is 0.400. The van der Waals surface area contributed by atoms with Crippen LogP contribution in [0.5, 0.6) is 5.75 Å². The zero-order valence-corrected chi connectivity index (χ0v) is 23.7. The topological polar surface area (TPSA) is 119 Å². The number of carbonyl (C=O) groups is 1. The van der Waals surface area contributed by atoms with Crippen molar-refractivity contribution in [3.8, 4) is 5.75 Å². The molecule has 216 valence electrons. The number of methoxy groups -OCH3 is 1. The molecule has 3 aromatic rings. The second-order valence-electron chi connectivity index (χ2n) is 10.2. The molecule has 2 atom stereocenters. The van der Waals surface area contributed by atoms with E-state index < -0.39 is 11.7 Å². The molecule has 0 radical (unpaired) electrons. The lowest BCUT2D eigenvalue weighted by Gasteiger charge is -2.28. The van der Waals surface area contributed by atoms with Crippen LogP contribution in [0.15, 0.2) is 53.1 Å². The molecule has 0 bridgehead atoms. The summed E-state index contributed by atoms with van der Waals surface area (Å²) in [6.45, 7) is 9.83. The normalized spacial score (nSPS) is 19.7. The van der Waals surface area contributed by atoms with Gasteiger partial charge in [-0.05, 0) is 57.4 Å². The molecule has 0 unspecified atom stereocenters. The molecule has 10 nitrogen and oxygen atoms in total. The number of fused-ring (bicyclic) bond motifs is 1. The Morgan fingerprint density at radius 3 is 2.88 bits per heavy atom. The molecule has 0 spiro atoms. The molecule has 0 aliphatic carbocycles. The van der Waals surface area contributed by atoms with Crippen LogP contribution in [0.4, 0.5) is 15.8 Å². The van der Waals surface area contributed by atoms with Crippen molar-refractivity contribution in [1.29, 1.82) is 0 Å².